The van der Waals surface area contributed by atoms with Gasteiger partial charge in [-0.05, 0) is 60.7 Å². The summed E-state index contributed by atoms with van der Waals surface area (Å²) in [6, 6.07) is 13.9. The van der Waals surface area contributed by atoms with Crippen LogP contribution in [0, 0.1) is 0 Å². The SMILES string of the molecule is COc1ccc2cc(C(C)CN3CCCCCC3C)ccc2c1. The van der Waals surface area contributed by atoms with Crippen molar-refractivity contribution in [3.63, 3.8) is 0 Å². The highest BCUT2D eigenvalue weighted by molar-refractivity contribution is 5.84. The van der Waals surface area contributed by atoms with Crippen molar-refractivity contribution in [1.82, 2.24) is 4.90 Å². The molecule has 0 spiro atoms. The van der Waals surface area contributed by atoms with Gasteiger partial charge in [-0.2, -0.15) is 0 Å². The first-order chi connectivity index (χ1) is 11.2. The molecule has 124 valence electrons. The molecule has 0 N–H and O–H groups in total. The van der Waals surface area contributed by atoms with E-state index in [2.05, 4.69) is 49.1 Å². The second kappa shape index (κ2) is 7.35. The summed E-state index contributed by atoms with van der Waals surface area (Å²) in [5, 5.41) is 2.56. The van der Waals surface area contributed by atoms with Gasteiger partial charge < -0.3 is 9.64 Å². The van der Waals surface area contributed by atoms with Crippen LogP contribution in [0.5, 0.6) is 5.75 Å². The maximum atomic E-state index is 5.32. The van der Waals surface area contributed by atoms with Crippen molar-refractivity contribution < 1.29 is 4.74 Å². The quantitative estimate of drug-likeness (QED) is 0.768. The molecule has 1 heterocycles. The molecule has 1 aliphatic heterocycles. The maximum Gasteiger partial charge on any atom is 0.119 e. The second-order valence-electron chi connectivity index (χ2n) is 7.07. The van der Waals surface area contributed by atoms with Gasteiger partial charge in [0, 0.05) is 12.6 Å². The first-order valence-electron chi connectivity index (χ1n) is 8.99. The summed E-state index contributed by atoms with van der Waals surface area (Å²) < 4.78 is 5.32. The number of fused-ring (bicyclic) bond motifs is 1. The number of hydrogen-bond acceptors (Lipinski definition) is 2. The predicted molar refractivity (Wildman–Crippen MR) is 98.4 cm³/mol. The topological polar surface area (TPSA) is 12.5 Å². The van der Waals surface area contributed by atoms with Crippen LogP contribution < -0.4 is 4.74 Å². The molecular formula is C21H29NO. The maximum absolute atomic E-state index is 5.32. The first kappa shape index (κ1) is 16.3. The minimum Gasteiger partial charge on any atom is -0.497 e. The molecule has 1 saturated heterocycles. The number of nitrogens with zero attached hydrogens (tertiary/aromatic N) is 1. The van der Waals surface area contributed by atoms with Gasteiger partial charge in [-0.25, -0.2) is 0 Å². The molecule has 2 nitrogen and oxygen atoms in total. The fraction of sp³-hybridized carbons (Fsp3) is 0.524. The fourth-order valence-corrected chi connectivity index (χ4v) is 3.74. The van der Waals surface area contributed by atoms with Gasteiger partial charge in [0.25, 0.3) is 0 Å². The summed E-state index contributed by atoms with van der Waals surface area (Å²) >= 11 is 0. The van der Waals surface area contributed by atoms with Crippen LogP contribution in [0.2, 0.25) is 0 Å². The third kappa shape index (κ3) is 3.87. The lowest BCUT2D eigenvalue weighted by molar-refractivity contribution is 0.203. The molecule has 2 aromatic rings. The van der Waals surface area contributed by atoms with Crippen molar-refractivity contribution in [2.24, 2.45) is 0 Å². The van der Waals surface area contributed by atoms with E-state index in [1.165, 1.54) is 55.1 Å². The van der Waals surface area contributed by atoms with Crippen molar-refractivity contribution in [2.75, 3.05) is 20.2 Å². The highest BCUT2D eigenvalue weighted by Gasteiger charge is 2.19. The Morgan fingerprint density at radius 1 is 1.09 bits per heavy atom. The van der Waals surface area contributed by atoms with Gasteiger partial charge >= 0.3 is 0 Å². The van der Waals surface area contributed by atoms with Crippen molar-refractivity contribution in [1.29, 1.82) is 0 Å². The van der Waals surface area contributed by atoms with Gasteiger partial charge in [-0.3, -0.25) is 0 Å². The number of benzene rings is 2. The van der Waals surface area contributed by atoms with E-state index in [9.17, 15) is 0 Å². The summed E-state index contributed by atoms with van der Waals surface area (Å²) in [5.41, 5.74) is 1.44. The molecule has 0 aromatic heterocycles. The average Bonchev–Trinajstić information content (AvgIpc) is 2.78. The first-order valence-corrected chi connectivity index (χ1v) is 8.99. The van der Waals surface area contributed by atoms with Gasteiger partial charge in [0.1, 0.15) is 5.75 Å². The summed E-state index contributed by atoms with van der Waals surface area (Å²) in [4.78, 5) is 2.69. The van der Waals surface area contributed by atoms with E-state index < -0.39 is 0 Å². The smallest absolute Gasteiger partial charge is 0.119 e. The lowest BCUT2D eigenvalue weighted by atomic mass is 9.96. The Balaban J connectivity index is 1.76. The van der Waals surface area contributed by atoms with Crippen molar-refractivity contribution in [2.45, 2.75) is 51.5 Å². The Labute approximate surface area is 140 Å². The Morgan fingerprint density at radius 2 is 1.87 bits per heavy atom. The van der Waals surface area contributed by atoms with E-state index in [4.69, 9.17) is 4.74 Å². The lowest BCUT2D eigenvalue weighted by Gasteiger charge is -2.30. The van der Waals surface area contributed by atoms with Gasteiger partial charge in [0.15, 0.2) is 0 Å². The van der Waals surface area contributed by atoms with E-state index in [1.807, 2.05) is 6.07 Å². The zero-order valence-electron chi connectivity index (χ0n) is 14.7. The third-order valence-electron chi connectivity index (χ3n) is 5.34. The van der Waals surface area contributed by atoms with E-state index in [-0.39, 0.29) is 0 Å². The molecule has 1 aliphatic rings. The number of ether oxygens (including phenoxy) is 1. The zero-order chi connectivity index (χ0) is 16.2. The van der Waals surface area contributed by atoms with Crippen molar-refractivity contribution in [3.05, 3.63) is 42.0 Å². The van der Waals surface area contributed by atoms with E-state index in [0.29, 0.717) is 5.92 Å². The lowest BCUT2D eigenvalue weighted by Crippen LogP contribution is -2.35. The Kier molecular flexibility index (Phi) is 5.22. The van der Waals surface area contributed by atoms with Crippen LogP contribution in [0.15, 0.2) is 36.4 Å². The molecule has 0 saturated carbocycles. The standard InChI is InChI=1S/C21H29NO/c1-16(15-22-12-6-4-5-7-17(22)2)18-8-9-20-14-21(23-3)11-10-19(20)13-18/h8-11,13-14,16-17H,4-7,12,15H2,1-3H3. The summed E-state index contributed by atoms with van der Waals surface area (Å²) in [5.74, 6) is 1.50. The minimum absolute atomic E-state index is 0.571. The van der Waals surface area contributed by atoms with E-state index in [0.717, 1.165) is 11.8 Å². The fourth-order valence-electron chi connectivity index (χ4n) is 3.74. The van der Waals surface area contributed by atoms with E-state index >= 15 is 0 Å². The molecule has 2 aromatic carbocycles. The number of rotatable bonds is 4. The molecule has 3 rings (SSSR count). The summed E-state index contributed by atoms with van der Waals surface area (Å²) in [6.45, 7) is 7.19. The molecule has 0 radical (unpaired) electrons. The Morgan fingerprint density at radius 3 is 2.70 bits per heavy atom. The normalized spacial score (nSPS) is 21.1. The van der Waals surface area contributed by atoms with Crippen LogP contribution in [-0.4, -0.2) is 31.1 Å². The summed E-state index contributed by atoms with van der Waals surface area (Å²) in [7, 11) is 1.72. The predicted octanol–water partition coefficient (Wildman–Crippen LogP) is 5.22. The van der Waals surface area contributed by atoms with Crippen LogP contribution in [0.1, 0.15) is 51.0 Å². The average molecular weight is 311 g/mol. The second-order valence-corrected chi connectivity index (χ2v) is 7.07. The molecule has 0 bridgehead atoms. The number of methoxy groups -OCH3 is 1. The molecule has 2 unspecified atom stereocenters. The molecule has 2 atom stereocenters. The molecule has 0 aliphatic carbocycles. The number of hydrogen-bond donors (Lipinski definition) is 0. The molecular weight excluding hydrogens is 282 g/mol. The van der Waals surface area contributed by atoms with E-state index in [1.54, 1.807) is 7.11 Å². The van der Waals surface area contributed by atoms with Gasteiger partial charge in [0.2, 0.25) is 0 Å². The largest absolute Gasteiger partial charge is 0.497 e. The molecule has 2 heteroatoms. The highest BCUT2D eigenvalue weighted by atomic mass is 16.5. The summed E-state index contributed by atoms with van der Waals surface area (Å²) in [6.07, 6.45) is 5.50. The Bertz CT molecular complexity index is 651. The van der Waals surface area contributed by atoms with Gasteiger partial charge in [0.05, 0.1) is 7.11 Å². The molecule has 1 fully saturated rings. The molecule has 0 amide bonds. The molecule has 23 heavy (non-hydrogen) atoms. The zero-order valence-corrected chi connectivity index (χ0v) is 14.7. The highest BCUT2D eigenvalue weighted by Crippen LogP contribution is 2.27. The van der Waals surface area contributed by atoms with Crippen LogP contribution in [0.3, 0.4) is 0 Å². The van der Waals surface area contributed by atoms with Crippen molar-refractivity contribution >= 4 is 10.8 Å². The monoisotopic (exact) mass is 311 g/mol. The van der Waals surface area contributed by atoms with Crippen molar-refractivity contribution in [3.8, 4) is 5.75 Å². The van der Waals surface area contributed by atoms with Crippen LogP contribution in [0.4, 0.5) is 0 Å². The van der Waals surface area contributed by atoms with Crippen LogP contribution in [-0.2, 0) is 0 Å². The van der Waals surface area contributed by atoms with Gasteiger partial charge in [-0.1, -0.05) is 44.0 Å². The minimum atomic E-state index is 0.571. The number of likely N-dealkylation sites (tertiary alicyclic amines) is 1. The Hall–Kier alpha value is -1.54. The van der Waals surface area contributed by atoms with Crippen LogP contribution >= 0.6 is 0 Å². The third-order valence-corrected chi connectivity index (χ3v) is 5.34. The van der Waals surface area contributed by atoms with Crippen LogP contribution in [0.25, 0.3) is 10.8 Å². The van der Waals surface area contributed by atoms with Gasteiger partial charge in [-0.15, -0.1) is 0 Å².